The molecule has 0 bridgehead atoms. The summed E-state index contributed by atoms with van der Waals surface area (Å²) in [5.41, 5.74) is 3.26. The maximum absolute atomic E-state index is 14.1. The van der Waals surface area contributed by atoms with Crippen molar-refractivity contribution in [3.05, 3.63) is 80.4 Å². The zero-order valence-corrected chi connectivity index (χ0v) is 27.9. The summed E-state index contributed by atoms with van der Waals surface area (Å²) < 4.78 is 11.4. The Hall–Kier alpha value is -3.57. The maximum Gasteiger partial charge on any atom is 0.247 e. The molecule has 1 saturated heterocycles. The minimum absolute atomic E-state index is 0.0753. The molecule has 0 radical (unpaired) electrons. The van der Waals surface area contributed by atoms with Crippen LogP contribution in [0.4, 0.5) is 5.69 Å². The van der Waals surface area contributed by atoms with Crippen LogP contribution < -0.4 is 25.0 Å². The van der Waals surface area contributed by atoms with Crippen LogP contribution in [0, 0.1) is 6.92 Å². The quantitative estimate of drug-likeness (QED) is 0.244. The number of hydrogen-bond donors (Lipinski definition) is 2. The van der Waals surface area contributed by atoms with Gasteiger partial charge in [0.05, 0.1) is 28.5 Å². The summed E-state index contributed by atoms with van der Waals surface area (Å²) in [7, 11) is 0. The number of nitrogens with zero attached hydrogens (tertiary/aromatic N) is 3. The van der Waals surface area contributed by atoms with Crippen molar-refractivity contribution in [2.75, 3.05) is 37.7 Å². The Morgan fingerprint density at radius 1 is 1.04 bits per heavy atom. The van der Waals surface area contributed by atoms with Gasteiger partial charge in [-0.1, -0.05) is 46.9 Å². The zero-order chi connectivity index (χ0) is 32.8. The number of halogens is 3. The normalized spacial score (nSPS) is 16.2. The van der Waals surface area contributed by atoms with E-state index < -0.39 is 6.04 Å². The number of aromatic nitrogens is 1. The highest BCUT2D eigenvalue weighted by Gasteiger charge is 2.41. The van der Waals surface area contributed by atoms with Crippen molar-refractivity contribution >= 4 is 58.2 Å². The Bertz CT molecular complexity index is 1560. The number of pyridine rings is 1. The Kier molecular flexibility index (Phi) is 11.3. The van der Waals surface area contributed by atoms with Gasteiger partial charge < -0.3 is 25.0 Å². The lowest BCUT2D eigenvalue weighted by Gasteiger charge is -2.38. The van der Waals surface area contributed by atoms with Crippen LogP contribution in [0.2, 0.25) is 15.1 Å². The van der Waals surface area contributed by atoms with Crippen LogP contribution >= 0.6 is 34.8 Å². The molecule has 0 unspecified atom stereocenters. The molecule has 244 valence electrons. The number of anilines is 1. The van der Waals surface area contributed by atoms with Gasteiger partial charge >= 0.3 is 0 Å². The number of carbonyl (C=O) groups excluding carboxylic acids is 3. The van der Waals surface area contributed by atoms with E-state index >= 15 is 0 Å². The van der Waals surface area contributed by atoms with Crippen molar-refractivity contribution in [3.8, 4) is 11.6 Å². The number of rotatable bonds is 13. The molecule has 3 amide bonds. The van der Waals surface area contributed by atoms with Crippen molar-refractivity contribution < 1.29 is 23.9 Å². The average Bonchev–Trinajstić information content (AvgIpc) is 3.86. The first-order valence-corrected chi connectivity index (χ1v) is 16.3. The predicted octanol–water partition coefficient (Wildman–Crippen LogP) is 4.98. The molecule has 1 aromatic heterocycles. The fraction of sp³-hybridized carbons (Fsp3) is 0.394. The molecule has 2 N–H and O–H groups in total. The number of hydrogen-bond acceptors (Lipinski definition) is 7. The van der Waals surface area contributed by atoms with Crippen LogP contribution in [0.15, 0.2) is 48.7 Å². The molecule has 46 heavy (non-hydrogen) atoms. The van der Waals surface area contributed by atoms with E-state index in [2.05, 4.69) is 15.6 Å². The second kappa shape index (κ2) is 15.3. The number of benzene rings is 2. The van der Waals surface area contributed by atoms with Gasteiger partial charge in [0.25, 0.3) is 0 Å². The lowest BCUT2D eigenvalue weighted by molar-refractivity contribution is -0.136. The summed E-state index contributed by atoms with van der Waals surface area (Å²) in [6.45, 7) is 5.00. The SMILES string of the molecule is CC(=O)NCCc1ccc(Cl)c(CN(C(=O)[C@H]2CNCC(=O)N2c2ccc(OCCOc3c(Cl)cc(C)cc3Cl)nc2)C2CC2)c1. The van der Waals surface area contributed by atoms with Gasteiger partial charge in [0.15, 0.2) is 5.75 Å². The highest BCUT2D eigenvalue weighted by Crippen LogP contribution is 2.34. The van der Waals surface area contributed by atoms with Crippen LogP contribution in [0.3, 0.4) is 0 Å². The predicted molar refractivity (Wildman–Crippen MR) is 178 cm³/mol. The van der Waals surface area contributed by atoms with Crippen molar-refractivity contribution in [1.29, 1.82) is 0 Å². The Morgan fingerprint density at radius 2 is 1.78 bits per heavy atom. The van der Waals surface area contributed by atoms with Gasteiger partial charge in [0.2, 0.25) is 23.6 Å². The molecule has 2 aromatic carbocycles. The Morgan fingerprint density at radius 3 is 2.46 bits per heavy atom. The van der Waals surface area contributed by atoms with E-state index in [4.69, 9.17) is 44.3 Å². The Labute approximate surface area is 283 Å². The van der Waals surface area contributed by atoms with E-state index in [9.17, 15) is 14.4 Å². The number of nitrogens with one attached hydrogen (secondary N) is 2. The number of aryl methyl sites for hydroxylation is 1. The van der Waals surface area contributed by atoms with Crippen molar-refractivity contribution in [1.82, 2.24) is 20.5 Å². The summed E-state index contributed by atoms with van der Waals surface area (Å²) >= 11 is 19.1. The first-order valence-electron chi connectivity index (χ1n) is 15.1. The van der Waals surface area contributed by atoms with Gasteiger partial charge in [-0.25, -0.2) is 4.98 Å². The van der Waals surface area contributed by atoms with Crippen molar-refractivity contribution in [3.63, 3.8) is 0 Å². The van der Waals surface area contributed by atoms with Gasteiger partial charge in [0, 0.05) is 43.7 Å². The van der Waals surface area contributed by atoms with Gasteiger partial charge in [-0.05, 0) is 67.1 Å². The summed E-state index contributed by atoms with van der Waals surface area (Å²) in [5.74, 6) is 0.262. The van der Waals surface area contributed by atoms with Gasteiger partial charge in [-0.2, -0.15) is 0 Å². The topological polar surface area (TPSA) is 113 Å². The summed E-state index contributed by atoms with van der Waals surface area (Å²) in [6, 6.07) is 12.0. The second-order valence-corrected chi connectivity index (χ2v) is 12.6. The number of amides is 3. The molecule has 10 nitrogen and oxygen atoms in total. The molecule has 13 heteroatoms. The second-order valence-electron chi connectivity index (χ2n) is 11.4. The van der Waals surface area contributed by atoms with Crippen LogP contribution in [0.25, 0.3) is 0 Å². The fourth-order valence-corrected chi connectivity index (χ4v) is 6.22. The molecule has 1 aliphatic carbocycles. The number of piperazine rings is 1. The minimum atomic E-state index is -0.755. The molecular weight excluding hydrogens is 653 g/mol. The van der Waals surface area contributed by atoms with E-state index in [1.807, 2.05) is 30.0 Å². The third kappa shape index (κ3) is 8.61. The number of ether oxygens (including phenoxy) is 2. The zero-order valence-electron chi connectivity index (χ0n) is 25.7. The molecular formula is C33H36Cl3N5O5. The van der Waals surface area contributed by atoms with Crippen molar-refractivity contribution in [2.45, 2.75) is 51.7 Å². The molecule has 2 heterocycles. The monoisotopic (exact) mass is 687 g/mol. The maximum atomic E-state index is 14.1. The number of carbonyl (C=O) groups is 3. The van der Waals surface area contributed by atoms with Crippen LogP contribution in [-0.4, -0.2) is 72.5 Å². The highest BCUT2D eigenvalue weighted by atomic mass is 35.5. The molecule has 2 aliphatic rings. The van der Waals surface area contributed by atoms with Gasteiger partial charge in [-0.3, -0.25) is 19.3 Å². The standard InChI is InChI=1S/C33H36Cl3N5O5/c1-20-13-27(35)32(28(36)14-20)46-12-11-45-30-8-6-25(16-39-30)41-29(17-37-18-31(41)43)33(44)40(24-4-5-24)19-23-15-22(3-7-26(23)34)9-10-38-21(2)42/h3,6-8,13-16,24,29,37H,4-5,9-12,17-19H2,1-2H3,(H,38,42)/t29-/m1/s1. The lowest BCUT2D eigenvalue weighted by Crippen LogP contribution is -2.61. The molecule has 1 aliphatic heterocycles. The Balaban J connectivity index is 1.24. The lowest BCUT2D eigenvalue weighted by atomic mass is 10.1. The van der Waals surface area contributed by atoms with Gasteiger partial charge in [0.1, 0.15) is 19.3 Å². The fourth-order valence-electron chi connectivity index (χ4n) is 5.34. The molecule has 0 spiro atoms. The molecule has 2 fully saturated rings. The van der Waals surface area contributed by atoms with Gasteiger partial charge in [-0.15, -0.1) is 0 Å². The molecule has 1 atom stereocenters. The van der Waals surface area contributed by atoms with Crippen LogP contribution in [-0.2, 0) is 27.3 Å². The largest absolute Gasteiger partial charge is 0.487 e. The highest BCUT2D eigenvalue weighted by molar-refractivity contribution is 6.37. The van der Waals surface area contributed by atoms with E-state index in [1.54, 1.807) is 24.3 Å². The first kappa shape index (κ1) is 33.8. The van der Waals surface area contributed by atoms with E-state index in [1.165, 1.54) is 18.0 Å². The summed E-state index contributed by atoms with van der Waals surface area (Å²) in [4.78, 5) is 46.3. The average molecular weight is 689 g/mol. The third-order valence-corrected chi connectivity index (χ3v) is 8.64. The first-order chi connectivity index (χ1) is 22.1. The molecule has 1 saturated carbocycles. The van der Waals surface area contributed by atoms with Crippen LogP contribution in [0.1, 0.15) is 36.5 Å². The van der Waals surface area contributed by atoms with Crippen molar-refractivity contribution in [2.24, 2.45) is 0 Å². The van der Waals surface area contributed by atoms with E-state index in [0.717, 1.165) is 29.5 Å². The van der Waals surface area contributed by atoms with E-state index in [-0.39, 0.29) is 43.5 Å². The molecule has 3 aromatic rings. The molecule has 5 rings (SSSR count). The minimum Gasteiger partial charge on any atom is -0.487 e. The third-order valence-electron chi connectivity index (χ3n) is 7.71. The van der Waals surface area contributed by atoms with E-state index in [0.29, 0.717) is 58.4 Å². The van der Waals surface area contributed by atoms with Crippen LogP contribution in [0.5, 0.6) is 11.6 Å². The summed E-state index contributed by atoms with van der Waals surface area (Å²) in [5, 5.41) is 7.30. The smallest absolute Gasteiger partial charge is 0.247 e. The summed E-state index contributed by atoms with van der Waals surface area (Å²) in [6.07, 6.45) is 3.95.